The van der Waals surface area contributed by atoms with Gasteiger partial charge in [-0.15, -0.1) is 0 Å². The van der Waals surface area contributed by atoms with Crippen molar-refractivity contribution >= 4 is 32.6 Å². The summed E-state index contributed by atoms with van der Waals surface area (Å²) in [4.78, 5) is 11.0. The SMILES string of the molecule is Cc1cc(S(=O)(=O)Nc2ccc3c(C)[nH]nc3c2)ccc1C(=O)O. The van der Waals surface area contributed by atoms with Gasteiger partial charge in [0.25, 0.3) is 10.0 Å². The summed E-state index contributed by atoms with van der Waals surface area (Å²) in [5.41, 5.74) is 2.39. The highest BCUT2D eigenvalue weighted by Crippen LogP contribution is 2.23. The second-order valence-corrected chi connectivity index (χ2v) is 7.15. The van der Waals surface area contributed by atoms with Gasteiger partial charge in [-0.05, 0) is 55.8 Å². The predicted molar refractivity (Wildman–Crippen MR) is 89.8 cm³/mol. The molecule has 0 radical (unpaired) electrons. The van der Waals surface area contributed by atoms with Crippen molar-refractivity contribution in [2.75, 3.05) is 4.72 Å². The topological polar surface area (TPSA) is 112 Å². The first-order valence-electron chi connectivity index (χ1n) is 7.09. The third-order valence-electron chi connectivity index (χ3n) is 3.74. The van der Waals surface area contributed by atoms with Gasteiger partial charge >= 0.3 is 5.97 Å². The number of carbonyl (C=O) groups is 1. The summed E-state index contributed by atoms with van der Waals surface area (Å²) >= 11 is 0. The van der Waals surface area contributed by atoms with Crippen molar-refractivity contribution in [1.82, 2.24) is 10.2 Å². The van der Waals surface area contributed by atoms with Gasteiger partial charge in [0.15, 0.2) is 0 Å². The van der Waals surface area contributed by atoms with E-state index in [1.807, 2.05) is 6.92 Å². The summed E-state index contributed by atoms with van der Waals surface area (Å²) in [5, 5.41) is 16.9. The molecule has 0 amide bonds. The second kappa shape index (κ2) is 5.64. The van der Waals surface area contributed by atoms with Crippen LogP contribution in [-0.4, -0.2) is 29.7 Å². The van der Waals surface area contributed by atoms with Crippen molar-refractivity contribution in [3.8, 4) is 0 Å². The molecule has 0 atom stereocenters. The van der Waals surface area contributed by atoms with Crippen molar-refractivity contribution in [3.63, 3.8) is 0 Å². The number of aryl methyl sites for hydroxylation is 2. The van der Waals surface area contributed by atoms with Crippen molar-refractivity contribution < 1.29 is 18.3 Å². The number of carboxylic acids is 1. The molecule has 24 heavy (non-hydrogen) atoms. The van der Waals surface area contributed by atoms with Crippen LogP contribution >= 0.6 is 0 Å². The maximum atomic E-state index is 12.5. The van der Waals surface area contributed by atoms with Crippen LogP contribution in [0.3, 0.4) is 0 Å². The first-order valence-corrected chi connectivity index (χ1v) is 8.58. The van der Waals surface area contributed by atoms with Crippen LogP contribution in [0.2, 0.25) is 0 Å². The Morgan fingerprint density at radius 1 is 1.17 bits per heavy atom. The number of hydrogen-bond acceptors (Lipinski definition) is 4. The van der Waals surface area contributed by atoms with E-state index in [0.29, 0.717) is 16.8 Å². The molecule has 8 heteroatoms. The summed E-state index contributed by atoms with van der Waals surface area (Å²) in [7, 11) is -3.82. The van der Waals surface area contributed by atoms with Gasteiger partial charge in [-0.1, -0.05) is 0 Å². The first-order chi connectivity index (χ1) is 11.3. The molecular formula is C16H15N3O4S. The largest absolute Gasteiger partial charge is 0.478 e. The Morgan fingerprint density at radius 2 is 1.92 bits per heavy atom. The number of sulfonamides is 1. The van der Waals surface area contributed by atoms with E-state index in [9.17, 15) is 13.2 Å². The monoisotopic (exact) mass is 345 g/mol. The predicted octanol–water partition coefficient (Wildman–Crippen LogP) is 2.68. The van der Waals surface area contributed by atoms with Crippen molar-refractivity contribution in [2.45, 2.75) is 18.7 Å². The van der Waals surface area contributed by atoms with Crippen LogP contribution in [0.25, 0.3) is 10.9 Å². The smallest absolute Gasteiger partial charge is 0.335 e. The molecule has 1 heterocycles. The van der Waals surface area contributed by atoms with Crippen LogP contribution in [0.4, 0.5) is 5.69 Å². The number of fused-ring (bicyclic) bond motifs is 1. The molecule has 2 aromatic carbocycles. The quantitative estimate of drug-likeness (QED) is 0.673. The van der Waals surface area contributed by atoms with Crippen LogP contribution in [-0.2, 0) is 10.0 Å². The van der Waals surface area contributed by atoms with E-state index in [1.54, 1.807) is 25.1 Å². The molecule has 0 unspecified atom stereocenters. The number of nitrogens with zero attached hydrogens (tertiary/aromatic N) is 1. The third-order valence-corrected chi connectivity index (χ3v) is 5.12. The summed E-state index contributed by atoms with van der Waals surface area (Å²) in [5.74, 6) is -1.09. The summed E-state index contributed by atoms with van der Waals surface area (Å²) in [6.07, 6.45) is 0. The lowest BCUT2D eigenvalue weighted by Crippen LogP contribution is -2.13. The number of benzene rings is 2. The molecule has 0 bridgehead atoms. The number of aromatic amines is 1. The Bertz CT molecular complexity index is 1050. The Hall–Kier alpha value is -2.87. The van der Waals surface area contributed by atoms with Crippen LogP contribution in [0, 0.1) is 13.8 Å². The molecule has 0 aliphatic carbocycles. The summed E-state index contributed by atoms with van der Waals surface area (Å²) in [6.45, 7) is 3.44. The Balaban J connectivity index is 1.95. The van der Waals surface area contributed by atoms with Crippen molar-refractivity contribution in [3.05, 3.63) is 53.2 Å². The highest BCUT2D eigenvalue weighted by Gasteiger charge is 2.17. The molecular weight excluding hydrogens is 330 g/mol. The highest BCUT2D eigenvalue weighted by atomic mass is 32.2. The molecule has 0 spiro atoms. The lowest BCUT2D eigenvalue weighted by Gasteiger charge is -2.10. The zero-order valence-electron chi connectivity index (χ0n) is 13.0. The zero-order valence-corrected chi connectivity index (χ0v) is 13.8. The molecule has 0 saturated heterocycles. The summed E-state index contributed by atoms with van der Waals surface area (Å²) in [6, 6.07) is 8.96. The molecule has 3 rings (SSSR count). The van der Waals surface area contributed by atoms with Gasteiger partial charge in [0, 0.05) is 11.1 Å². The normalized spacial score (nSPS) is 11.6. The average Bonchev–Trinajstić information content (AvgIpc) is 2.87. The number of hydrogen-bond donors (Lipinski definition) is 3. The Kier molecular flexibility index (Phi) is 3.76. The third kappa shape index (κ3) is 2.83. The number of H-pyrrole nitrogens is 1. The lowest BCUT2D eigenvalue weighted by atomic mass is 10.1. The number of anilines is 1. The molecule has 1 aromatic heterocycles. The van der Waals surface area contributed by atoms with E-state index >= 15 is 0 Å². The molecule has 0 fully saturated rings. The van der Waals surface area contributed by atoms with Crippen LogP contribution in [0.1, 0.15) is 21.6 Å². The molecule has 124 valence electrons. The van der Waals surface area contributed by atoms with Gasteiger partial charge in [-0.2, -0.15) is 5.10 Å². The van der Waals surface area contributed by atoms with Gasteiger partial charge in [-0.25, -0.2) is 13.2 Å². The molecule has 0 aliphatic rings. The Morgan fingerprint density at radius 3 is 2.58 bits per heavy atom. The van der Waals surface area contributed by atoms with E-state index in [1.165, 1.54) is 18.2 Å². The summed E-state index contributed by atoms with van der Waals surface area (Å²) < 4.78 is 27.5. The minimum absolute atomic E-state index is 0.00306. The number of aromatic nitrogens is 2. The zero-order chi connectivity index (χ0) is 17.5. The van der Waals surface area contributed by atoms with Crippen LogP contribution < -0.4 is 4.72 Å². The standard InChI is InChI=1S/C16H15N3O4S/c1-9-7-12(4-6-13(9)16(20)21)24(22,23)19-11-3-5-14-10(2)17-18-15(14)8-11/h3-8,19H,1-2H3,(H,17,18)(H,20,21). The maximum absolute atomic E-state index is 12.5. The van der Waals surface area contributed by atoms with E-state index < -0.39 is 16.0 Å². The van der Waals surface area contributed by atoms with E-state index in [4.69, 9.17) is 5.11 Å². The van der Waals surface area contributed by atoms with E-state index in [2.05, 4.69) is 14.9 Å². The molecule has 7 nitrogen and oxygen atoms in total. The van der Waals surface area contributed by atoms with Gasteiger partial charge < -0.3 is 5.11 Å². The van der Waals surface area contributed by atoms with Crippen molar-refractivity contribution in [2.24, 2.45) is 0 Å². The minimum Gasteiger partial charge on any atom is -0.478 e. The fraction of sp³-hybridized carbons (Fsp3) is 0.125. The van der Waals surface area contributed by atoms with E-state index in [0.717, 1.165) is 11.1 Å². The number of aromatic carboxylic acids is 1. The van der Waals surface area contributed by atoms with Gasteiger partial charge in [0.2, 0.25) is 0 Å². The number of nitrogens with one attached hydrogen (secondary N) is 2. The van der Waals surface area contributed by atoms with Crippen LogP contribution in [0.15, 0.2) is 41.3 Å². The average molecular weight is 345 g/mol. The fourth-order valence-corrected chi connectivity index (χ4v) is 3.60. The molecule has 0 saturated carbocycles. The van der Waals surface area contributed by atoms with Gasteiger partial charge in [0.05, 0.1) is 21.7 Å². The maximum Gasteiger partial charge on any atom is 0.335 e. The molecule has 0 aliphatic heterocycles. The fourth-order valence-electron chi connectivity index (χ4n) is 2.47. The highest BCUT2D eigenvalue weighted by molar-refractivity contribution is 7.92. The minimum atomic E-state index is -3.82. The second-order valence-electron chi connectivity index (χ2n) is 5.47. The lowest BCUT2D eigenvalue weighted by molar-refractivity contribution is 0.0696. The first kappa shape index (κ1) is 16.0. The van der Waals surface area contributed by atoms with Gasteiger partial charge in [0.1, 0.15) is 0 Å². The number of rotatable bonds is 4. The number of carboxylic acid groups (broad SMARTS) is 1. The van der Waals surface area contributed by atoms with E-state index in [-0.39, 0.29) is 10.5 Å². The van der Waals surface area contributed by atoms with Crippen molar-refractivity contribution in [1.29, 1.82) is 0 Å². The Labute approximate surface area is 138 Å². The van der Waals surface area contributed by atoms with Crippen LogP contribution in [0.5, 0.6) is 0 Å². The van der Waals surface area contributed by atoms with Gasteiger partial charge in [-0.3, -0.25) is 9.82 Å². The molecule has 3 aromatic rings. The molecule has 3 N–H and O–H groups in total.